The monoisotopic (exact) mass is 298 g/mol. The Hall–Kier alpha value is -2.17. The van der Waals surface area contributed by atoms with Crippen LogP contribution in [-0.2, 0) is 14.4 Å². The highest BCUT2D eigenvalue weighted by Gasteiger charge is 2.64. The maximum atomic E-state index is 12.9. The summed E-state index contributed by atoms with van der Waals surface area (Å²) in [7, 11) is 0. The van der Waals surface area contributed by atoms with Crippen molar-refractivity contribution in [1.82, 2.24) is 5.32 Å². The van der Waals surface area contributed by atoms with Gasteiger partial charge in [-0.15, -0.1) is 0 Å². The molecule has 1 aromatic rings. The number of benzene rings is 1. The summed E-state index contributed by atoms with van der Waals surface area (Å²) in [6.45, 7) is 0. The van der Waals surface area contributed by atoms with Gasteiger partial charge in [-0.25, -0.2) is 0 Å². The average molecular weight is 298 g/mol. The van der Waals surface area contributed by atoms with Gasteiger partial charge >= 0.3 is 0 Å². The Bertz CT molecular complexity index is 647. The normalized spacial score (nSPS) is 35.9. The highest BCUT2D eigenvalue weighted by atomic mass is 16.2. The van der Waals surface area contributed by atoms with Crippen molar-refractivity contribution >= 4 is 23.4 Å². The van der Waals surface area contributed by atoms with Gasteiger partial charge in [0.15, 0.2) is 0 Å². The zero-order valence-corrected chi connectivity index (χ0v) is 12.2. The Kier molecular flexibility index (Phi) is 2.86. The highest BCUT2D eigenvalue weighted by Crippen LogP contribution is 2.58. The molecule has 0 radical (unpaired) electrons. The number of para-hydroxylation sites is 1. The summed E-state index contributed by atoms with van der Waals surface area (Å²) >= 11 is 0. The van der Waals surface area contributed by atoms with Crippen LogP contribution in [0.15, 0.2) is 30.3 Å². The zero-order valence-electron chi connectivity index (χ0n) is 12.2. The van der Waals surface area contributed by atoms with E-state index in [1.165, 1.54) is 0 Å². The third-order valence-corrected chi connectivity index (χ3v) is 5.70. The number of imide groups is 1. The first-order valence-corrected chi connectivity index (χ1v) is 7.83. The molecule has 2 N–H and O–H groups in total. The number of amides is 3. The Labute approximate surface area is 128 Å². The first kappa shape index (κ1) is 13.5. The molecule has 0 aromatic heterocycles. The van der Waals surface area contributed by atoms with Crippen LogP contribution in [0.25, 0.3) is 0 Å². The first-order chi connectivity index (χ1) is 10.6. The van der Waals surface area contributed by atoms with Gasteiger partial charge in [0.25, 0.3) is 0 Å². The third-order valence-electron chi connectivity index (χ3n) is 5.70. The van der Waals surface area contributed by atoms with E-state index in [0.29, 0.717) is 12.8 Å². The molecule has 3 amide bonds. The van der Waals surface area contributed by atoms with Crippen molar-refractivity contribution < 1.29 is 14.4 Å². The second kappa shape index (κ2) is 4.66. The van der Waals surface area contributed by atoms with Gasteiger partial charge in [0, 0.05) is 5.69 Å². The molecular formula is C17H18N2O3. The predicted molar refractivity (Wildman–Crippen MR) is 79.6 cm³/mol. The Morgan fingerprint density at radius 2 is 1.77 bits per heavy atom. The fourth-order valence-electron chi connectivity index (χ4n) is 4.65. The number of hydrogen-bond donors (Lipinski definition) is 2. The molecule has 1 aromatic carbocycles. The molecule has 2 atom stereocenters. The van der Waals surface area contributed by atoms with E-state index in [4.69, 9.17) is 0 Å². The molecule has 5 nitrogen and oxygen atoms in total. The van der Waals surface area contributed by atoms with Crippen LogP contribution in [0.4, 0.5) is 5.69 Å². The summed E-state index contributed by atoms with van der Waals surface area (Å²) in [6.07, 6.45) is 3.09. The van der Waals surface area contributed by atoms with Crippen LogP contribution in [-0.4, -0.2) is 17.7 Å². The van der Waals surface area contributed by atoms with E-state index >= 15 is 0 Å². The Morgan fingerprint density at radius 1 is 1.09 bits per heavy atom. The Balaban J connectivity index is 1.68. The molecule has 4 aliphatic rings. The summed E-state index contributed by atoms with van der Waals surface area (Å²) in [5.74, 6) is -1.11. The van der Waals surface area contributed by atoms with Gasteiger partial charge in [0.2, 0.25) is 17.7 Å². The van der Waals surface area contributed by atoms with Crippen molar-refractivity contribution in [2.75, 3.05) is 5.32 Å². The fraction of sp³-hybridized carbons (Fsp3) is 0.471. The summed E-state index contributed by atoms with van der Waals surface area (Å²) in [5.41, 5.74) is 0.00162. The van der Waals surface area contributed by atoms with Crippen LogP contribution in [0.3, 0.4) is 0 Å². The van der Waals surface area contributed by atoms with Crippen molar-refractivity contribution in [1.29, 1.82) is 0 Å². The van der Waals surface area contributed by atoms with Gasteiger partial charge in [-0.1, -0.05) is 18.2 Å². The number of fused-ring (bicyclic) bond motifs is 2. The summed E-state index contributed by atoms with van der Waals surface area (Å²) in [6, 6.07) is 9.28. The van der Waals surface area contributed by atoms with Crippen LogP contribution in [0.5, 0.6) is 0 Å². The molecule has 5 heteroatoms. The van der Waals surface area contributed by atoms with Crippen molar-refractivity contribution in [2.45, 2.75) is 25.7 Å². The molecule has 1 saturated heterocycles. The van der Waals surface area contributed by atoms with E-state index < -0.39 is 11.3 Å². The molecular weight excluding hydrogens is 280 g/mol. The van der Waals surface area contributed by atoms with Gasteiger partial charge in [-0.2, -0.15) is 0 Å². The topological polar surface area (TPSA) is 75.3 Å². The van der Waals surface area contributed by atoms with Gasteiger partial charge in [-0.3, -0.25) is 19.7 Å². The minimum absolute atomic E-state index is 0.114. The molecule has 2 bridgehead atoms. The number of hydrogen-bond acceptors (Lipinski definition) is 3. The third kappa shape index (κ3) is 1.74. The standard InChI is InChI=1S/C17H18N2O3/c20-14-12-10-6-8-17(9-7-10,13(12)15(21)19-14)16(22)18-11-4-2-1-3-5-11/h1-5,10,12-13H,6-9H2,(H,18,22)(H,19,20,21). The van der Waals surface area contributed by atoms with E-state index in [0.717, 1.165) is 18.5 Å². The smallest absolute Gasteiger partial charge is 0.231 e. The minimum atomic E-state index is -0.731. The van der Waals surface area contributed by atoms with Crippen LogP contribution < -0.4 is 10.6 Å². The van der Waals surface area contributed by atoms with Crippen molar-refractivity contribution in [3.63, 3.8) is 0 Å². The second-order valence-electron chi connectivity index (χ2n) is 6.67. The van der Waals surface area contributed by atoms with Crippen LogP contribution in [0.1, 0.15) is 25.7 Å². The summed E-state index contributed by atoms with van der Waals surface area (Å²) in [5, 5.41) is 5.39. The molecule has 3 aliphatic carbocycles. The lowest BCUT2D eigenvalue weighted by molar-refractivity contribution is -0.151. The molecule has 1 heterocycles. The molecule has 22 heavy (non-hydrogen) atoms. The van der Waals surface area contributed by atoms with E-state index in [2.05, 4.69) is 10.6 Å². The van der Waals surface area contributed by atoms with E-state index in [9.17, 15) is 14.4 Å². The summed E-state index contributed by atoms with van der Waals surface area (Å²) < 4.78 is 0. The predicted octanol–water partition coefficient (Wildman–Crippen LogP) is 1.70. The van der Waals surface area contributed by atoms with E-state index in [1.807, 2.05) is 30.3 Å². The highest BCUT2D eigenvalue weighted by molar-refractivity contribution is 6.09. The summed E-state index contributed by atoms with van der Waals surface area (Å²) in [4.78, 5) is 37.3. The molecule has 4 fully saturated rings. The molecule has 5 rings (SSSR count). The molecule has 3 saturated carbocycles. The van der Waals surface area contributed by atoms with E-state index in [1.54, 1.807) is 0 Å². The van der Waals surface area contributed by atoms with Gasteiger partial charge in [0.05, 0.1) is 17.3 Å². The number of carbonyl (C=O) groups is 3. The lowest BCUT2D eigenvalue weighted by Gasteiger charge is -2.50. The quantitative estimate of drug-likeness (QED) is 0.816. The lowest BCUT2D eigenvalue weighted by atomic mass is 9.51. The largest absolute Gasteiger partial charge is 0.326 e. The average Bonchev–Trinajstić information content (AvgIpc) is 2.87. The van der Waals surface area contributed by atoms with Crippen LogP contribution in [0.2, 0.25) is 0 Å². The second-order valence-corrected chi connectivity index (χ2v) is 6.67. The fourth-order valence-corrected chi connectivity index (χ4v) is 4.65. The van der Waals surface area contributed by atoms with Crippen molar-refractivity contribution in [3.05, 3.63) is 30.3 Å². The molecule has 1 aliphatic heterocycles. The Morgan fingerprint density at radius 3 is 2.45 bits per heavy atom. The molecule has 114 valence electrons. The van der Waals surface area contributed by atoms with Crippen LogP contribution in [0, 0.1) is 23.2 Å². The van der Waals surface area contributed by atoms with Crippen molar-refractivity contribution in [2.24, 2.45) is 23.2 Å². The number of anilines is 1. The maximum Gasteiger partial charge on any atom is 0.231 e. The maximum absolute atomic E-state index is 12.9. The van der Waals surface area contributed by atoms with Crippen LogP contribution >= 0.6 is 0 Å². The van der Waals surface area contributed by atoms with Gasteiger partial charge in [0.1, 0.15) is 0 Å². The zero-order chi connectivity index (χ0) is 15.3. The van der Waals surface area contributed by atoms with Gasteiger partial charge < -0.3 is 5.32 Å². The van der Waals surface area contributed by atoms with Gasteiger partial charge in [-0.05, 0) is 43.7 Å². The van der Waals surface area contributed by atoms with Crippen molar-refractivity contribution in [3.8, 4) is 0 Å². The molecule has 0 spiro atoms. The number of carbonyl (C=O) groups excluding carboxylic acids is 3. The first-order valence-electron chi connectivity index (χ1n) is 7.83. The molecule has 2 unspecified atom stereocenters. The lowest BCUT2D eigenvalue weighted by Crippen LogP contribution is -2.55. The SMILES string of the molecule is O=C1NC(=O)C2C1C1CCC2(C(=O)Nc2ccccc2)CC1. The number of nitrogens with one attached hydrogen (secondary N) is 2. The van der Waals surface area contributed by atoms with E-state index in [-0.39, 0.29) is 29.6 Å². The minimum Gasteiger partial charge on any atom is -0.326 e. The number of rotatable bonds is 2.